The fraction of sp³-hybridized carbons (Fsp3) is 0.273. The second-order valence-corrected chi connectivity index (χ2v) is 6.33. The van der Waals surface area contributed by atoms with E-state index in [0.29, 0.717) is 29.4 Å². The smallest absolute Gasteiger partial charge is 0.255 e. The minimum atomic E-state index is -0.329. The highest BCUT2D eigenvalue weighted by molar-refractivity contribution is 6.07. The monoisotopic (exact) mass is 382 g/mol. The first kappa shape index (κ1) is 21.0. The van der Waals surface area contributed by atoms with Crippen molar-refractivity contribution in [2.75, 3.05) is 33.1 Å². The molecule has 0 radical (unpaired) electrons. The number of hydrogen-bond donors (Lipinski definition) is 1. The van der Waals surface area contributed by atoms with Crippen LogP contribution in [0.5, 0.6) is 11.5 Å². The lowest BCUT2D eigenvalue weighted by Crippen LogP contribution is -2.23. The first-order valence-electron chi connectivity index (χ1n) is 9.06. The third-order valence-corrected chi connectivity index (χ3v) is 3.90. The van der Waals surface area contributed by atoms with Crippen LogP contribution in [0.2, 0.25) is 0 Å². The van der Waals surface area contributed by atoms with E-state index in [1.54, 1.807) is 57.6 Å². The lowest BCUT2D eigenvalue weighted by Gasteiger charge is -2.14. The summed E-state index contributed by atoms with van der Waals surface area (Å²) in [5, 5.41) is 2.76. The largest absolute Gasteiger partial charge is 0.493 e. The number of rotatable bonds is 8. The van der Waals surface area contributed by atoms with Crippen molar-refractivity contribution in [3.8, 4) is 11.5 Å². The highest BCUT2D eigenvalue weighted by Gasteiger charge is 2.13. The molecule has 0 aliphatic carbocycles. The topological polar surface area (TPSA) is 67.9 Å². The molecule has 0 bridgehead atoms. The normalized spacial score (nSPS) is 10.6. The van der Waals surface area contributed by atoms with Crippen molar-refractivity contribution in [2.24, 2.45) is 0 Å². The maximum absolute atomic E-state index is 12.3. The molecule has 0 atom stereocenters. The molecule has 0 heterocycles. The van der Waals surface area contributed by atoms with Gasteiger partial charge in [-0.15, -0.1) is 0 Å². The molecule has 1 N–H and O–H groups in total. The van der Waals surface area contributed by atoms with Crippen LogP contribution in [0.15, 0.2) is 48.5 Å². The van der Waals surface area contributed by atoms with Crippen molar-refractivity contribution in [2.45, 2.75) is 13.3 Å². The molecule has 0 saturated heterocycles. The summed E-state index contributed by atoms with van der Waals surface area (Å²) in [5.41, 5.74) is 1.71. The summed E-state index contributed by atoms with van der Waals surface area (Å²) in [6.45, 7) is 2.64. The molecule has 0 aliphatic rings. The summed E-state index contributed by atoms with van der Waals surface area (Å²) in [6.07, 6.45) is 4.00. The average molecular weight is 382 g/mol. The van der Waals surface area contributed by atoms with Crippen LogP contribution in [0.4, 0.5) is 5.69 Å². The molecule has 6 nitrogen and oxygen atoms in total. The van der Waals surface area contributed by atoms with E-state index in [2.05, 4.69) is 5.32 Å². The number of ether oxygens (including phenoxy) is 2. The Balaban J connectivity index is 2.12. The number of hydrogen-bond acceptors (Lipinski definition) is 4. The molecule has 2 aromatic carbocycles. The van der Waals surface area contributed by atoms with Gasteiger partial charge in [-0.3, -0.25) is 9.59 Å². The van der Waals surface area contributed by atoms with E-state index in [0.717, 1.165) is 12.0 Å². The van der Waals surface area contributed by atoms with E-state index in [4.69, 9.17) is 9.47 Å². The van der Waals surface area contributed by atoms with Crippen LogP contribution in [-0.4, -0.2) is 44.5 Å². The number of carbonyl (C=O) groups excluding carboxylic acids is 2. The van der Waals surface area contributed by atoms with Crippen molar-refractivity contribution < 1.29 is 19.1 Å². The van der Waals surface area contributed by atoms with Gasteiger partial charge in [0, 0.05) is 20.2 Å². The van der Waals surface area contributed by atoms with E-state index >= 15 is 0 Å². The minimum Gasteiger partial charge on any atom is -0.493 e. The Kier molecular flexibility index (Phi) is 7.63. The summed E-state index contributed by atoms with van der Waals surface area (Å²) in [5.74, 6) is 0.775. The van der Waals surface area contributed by atoms with Crippen LogP contribution in [0.1, 0.15) is 29.3 Å². The molecule has 2 aromatic rings. The molecule has 0 unspecified atom stereocenters. The predicted molar refractivity (Wildman–Crippen MR) is 111 cm³/mol. The van der Waals surface area contributed by atoms with Gasteiger partial charge in [-0.2, -0.15) is 0 Å². The van der Waals surface area contributed by atoms with E-state index in [1.807, 2.05) is 19.1 Å². The first-order valence-corrected chi connectivity index (χ1v) is 9.06. The Morgan fingerprint density at radius 2 is 1.86 bits per heavy atom. The summed E-state index contributed by atoms with van der Waals surface area (Å²) >= 11 is 0. The van der Waals surface area contributed by atoms with Crippen molar-refractivity contribution in [1.82, 2.24) is 4.90 Å². The van der Waals surface area contributed by atoms with Crippen LogP contribution in [0, 0.1) is 0 Å². The van der Waals surface area contributed by atoms with Gasteiger partial charge in [-0.1, -0.05) is 25.1 Å². The zero-order chi connectivity index (χ0) is 20.5. The molecule has 0 spiro atoms. The fourth-order valence-corrected chi connectivity index (χ4v) is 2.48. The van der Waals surface area contributed by atoms with Crippen LogP contribution in [-0.2, 0) is 4.79 Å². The van der Waals surface area contributed by atoms with Crippen LogP contribution in [0.25, 0.3) is 6.08 Å². The maximum atomic E-state index is 12.3. The number of amides is 2. The number of nitrogens with one attached hydrogen (secondary N) is 1. The lowest BCUT2D eigenvalue weighted by molar-refractivity contribution is -0.111. The van der Waals surface area contributed by atoms with Crippen molar-refractivity contribution >= 4 is 23.6 Å². The molecule has 28 heavy (non-hydrogen) atoms. The third-order valence-electron chi connectivity index (χ3n) is 3.90. The Hall–Kier alpha value is -3.28. The number of benzene rings is 2. The van der Waals surface area contributed by atoms with Gasteiger partial charge in [0.25, 0.3) is 5.91 Å². The molecular formula is C22H26N2O4. The molecule has 2 rings (SSSR count). The van der Waals surface area contributed by atoms with E-state index in [1.165, 1.54) is 11.0 Å². The Labute approximate surface area is 165 Å². The minimum absolute atomic E-state index is 0.174. The molecule has 0 aliphatic heterocycles. The molecule has 6 heteroatoms. The van der Waals surface area contributed by atoms with Gasteiger partial charge in [0.1, 0.15) is 0 Å². The molecule has 148 valence electrons. The second-order valence-electron chi connectivity index (χ2n) is 6.33. The van der Waals surface area contributed by atoms with E-state index in [-0.39, 0.29) is 11.8 Å². The number of carbonyl (C=O) groups is 2. The average Bonchev–Trinajstić information content (AvgIpc) is 2.70. The Bertz CT molecular complexity index is 859. The quantitative estimate of drug-likeness (QED) is 0.705. The number of anilines is 1. The van der Waals surface area contributed by atoms with Gasteiger partial charge in [0.15, 0.2) is 11.5 Å². The predicted octanol–water partition coefficient (Wildman–Crippen LogP) is 3.84. The zero-order valence-electron chi connectivity index (χ0n) is 16.7. The molecule has 0 saturated carbocycles. The number of para-hydroxylation sites is 1. The Morgan fingerprint density at radius 3 is 2.54 bits per heavy atom. The summed E-state index contributed by atoms with van der Waals surface area (Å²) in [6, 6.07) is 12.4. The highest BCUT2D eigenvalue weighted by atomic mass is 16.5. The van der Waals surface area contributed by atoms with Crippen LogP contribution in [0.3, 0.4) is 0 Å². The van der Waals surface area contributed by atoms with Crippen LogP contribution < -0.4 is 14.8 Å². The number of methoxy groups -OCH3 is 1. The van der Waals surface area contributed by atoms with Gasteiger partial charge < -0.3 is 19.7 Å². The van der Waals surface area contributed by atoms with Crippen molar-refractivity contribution in [3.05, 3.63) is 59.7 Å². The SMILES string of the molecule is CCCOc1ccc(/C=C/C(=O)Nc2ccccc2C(=O)N(C)C)cc1OC. The summed E-state index contributed by atoms with van der Waals surface area (Å²) in [4.78, 5) is 26.0. The zero-order valence-corrected chi connectivity index (χ0v) is 16.7. The lowest BCUT2D eigenvalue weighted by atomic mass is 10.1. The highest BCUT2D eigenvalue weighted by Crippen LogP contribution is 2.28. The van der Waals surface area contributed by atoms with Gasteiger partial charge in [0.05, 0.1) is 25.0 Å². The molecule has 2 amide bonds. The van der Waals surface area contributed by atoms with E-state index < -0.39 is 0 Å². The standard InChI is InChI=1S/C22H26N2O4/c1-5-14-28-19-12-10-16(15-20(19)27-4)11-13-21(25)23-18-9-7-6-8-17(18)22(26)24(2)3/h6-13,15H,5,14H2,1-4H3,(H,23,25)/b13-11+. The molecule has 0 aromatic heterocycles. The maximum Gasteiger partial charge on any atom is 0.255 e. The van der Waals surface area contributed by atoms with Gasteiger partial charge in [0.2, 0.25) is 5.91 Å². The van der Waals surface area contributed by atoms with Crippen molar-refractivity contribution in [3.63, 3.8) is 0 Å². The number of nitrogens with zero attached hydrogens (tertiary/aromatic N) is 1. The van der Waals surface area contributed by atoms with Crippen molar-refractivity contribution in [1.29, 1.82) is 0 Å². The fourth-order valence-electron chi connectivity index (χ4n) is 2.48. The third kappa shape index (κ3) is 5.61. The van der Waals surface area contributed by atoms with E-state index in [9.17, 15) is 9.59 Å². The summed E-state index contributed by atoms with van der Waals surface area (Å²) in [7, 11) is 4.91. The van der Waals surface area contributed by atoms with Crippen LogP contribution >= 0.6 is 0 Å². The van der Waals surface area contributed by atoms with Gasteiger partial charge >= 0.3 is 0 Å². The van der Waals surface area contributed by atoms with Gasteiger partial charge in [-0.05, 0) is 42.3 Å². The molecule has 0 fully saturated rings. The second kappa shape index (κ2) is 10.2. The summed E-state index contributed by atoms with van der Waals surface area (Å²) < 4.78 is 11.0. The first-order chi connectivity index (χ1) is 13.5. The Morgan fingerprint density at radius 1 is 1.11 bits per heavy atom. The molecular weight excluding hydrogens is 356 g/mol. The van der Waals surface area contributed by atoms with Gasteiger partial charge in [-0.25, -0.2) is 0 Å².